The number of hydrogen-bond acceptors (Lipinski definition) is 3. The number of benzene rings is 2. The van der Waals surface area contributed by atoms with Crippen LogP contribution in [-0.4, -0.2) is 18.0 Å². The number of carbonyl (C=O) groups excluding carboxylic acids is 1. The third-order valence-electron chi connectivity index (χ3n) is 3.11. The Hall–Kier alpha value is -2.29. The topological polar surface area (TPSA) is 46.5 Å². The van der Waals surface area contributed by atoms with E-state index in [1.165, 1.54) is 0 Å². The van der Waals surface area contributed by atoms with Crippen LogP contribution in [0.15, 0.2) is 36.4 Å². The minimum atomic E-state index is -0.0612. The molecule has 0 aliphatic heterocycles. The summed E-state index contributed by atoms with van der Waals surface area (Å²) in [6.45, 7) is 3.57. The Morgan fingerprint density at radius 2 is 1.53 bits per heavy atom. The van der Waals surface area contributed by atoms with Crippen molar-refractivity contribution in [3.05, 3.63) is 58.7 Å². The van der Waals surface area contributed by atoms with E-state index in [1.807, 2.05) is 0 Å². The van der Waals surface area contributed by atoms with Gasteiger partial charge in [-0.25, -0.2) is 0 Å². The maximum Gasteiger partial charge on any atom is 0.193 e. The molecule has 0 saturated carbocycles. The summed E-state index contributed by atoms with van der Waals surface area (Å²) in [6.07, 6.45) is 0. The zero-order valence-corrected chi connectivity index (χ0v) is 11.2. The molecule has 0 spiro atoms. The SMILES string of the molecule is COc1ccc(C(=O)c2cc(C)c(O)c(C)c2)cc1. The summed E-state index contributed by atoms with van der Waals surface area (Å²) in [4.78, 5) is 12.3. The second kappa shape index (κ2) is 5.14. The van der Waals surface area contributed by atoms with Crippen molar-refractivity contribution in [1.82, 2.24) is 0 Å². The summed E-state index contributed by atoms with van der Waals surface area (Å²) in [5.74, 6) is 0.898. The van der Waals surface area contributed by atoms with Gasteiger partial charge in [-0.1, -0.05) is 0 Å². The van der Waals surface area contributed by atoms with Gasteiger partial charge in [0.2, 0.25) is 0 Å². The number of ketones is 1. The average Bonchev–Trinajstić information content (AvgIpc) is 2.43. The first kappa shape index (κ1) is 13.1. The van der Waals surface area contributed by atoms with E-state index in [9.17, 15) is 9.90 Å². The number of hydrogen-bond donors (Lipinski definition) is 1. The fourth-order valence-electron chi connectivity index (χ4n) is 2.00. The molecule has 0 amide bonds. The highest BCUT2D eigenvalue weighted by Crippen LogP contribution is 2.24. The van der Waals surface area contributed by atoms with Crippen molar-refractivity contribution in [2.24, 2.45) is 0 Å². The van der Waals surface area contributed by atoms with Crippen molar-refractivity contribution in [2.45, 2.75) is 13.8 Å². The van der Waals surface area contributed by atoms with Crippen LogP contribution < -0.4 is 4.74 Å². The van der Waals surface area contributed by atoms with Crippen LogP contribution in [0.3, 0.4) is 0 Å². The summed E-state index contributed by atoms with van der Waals surface area (Å²) in [6, 6.07) is 10.4. The highest BCUT2D eigenvalue weighted by atomic mass is 16.5. The molecular weight excluding hydrogens is 240 g/mol. The van der Waals surface area contributed by atoms with Crippen molar-refractivity contribution in [3.63, 3.8) is 0 Å². The van der Waals surface area contributed by atoms with Crippen molar-refractivity contribution in [2.75, 3.05) is 7.11 Å². The highest BCUT2D eigenvalue weighted by Gasteiger charge is 2.12. The number of ether oxygens (including phenoxy) is 1. The molecule has 2 rings (SSSR count). The van der Waals surface area contributed by atoms with Gasteiger partial charge in [-0.15, -0.1) is 0 Å². The van der Waals surface area contributed by atoms with Gasteiger partial charge in [-0.2, -0.15) is 0 Å². The third-order valence-corrected chi connectivity index (χ3v) is 3.11. The molecule has 3 nitrogen and oxygen atoms in total. The summed E-state index contributed by atoms with van der Waals surface area (Å²) in [7, 11) is 1.59. The van der Waals surface area contributed by atoms with E-state index in [4.69, 9.17) is 4.74 Å². The number of carbonyl (C=O) groups is 1. The Kier molecular flexibility index (Phi) is 3.56. The van der Waals surface area contributed by atoms with Crippen LogP contribution in [-0.2, 0) is 0 Å². The number of aryl methyl sites for hydroxylation is 2. The van der Waals surface area contributed by atoms with E-state index < -0.39 is 0 Å². The minimum Gasteiger partial charge on any atom is -0.507 e. The molecule has 1 N–H and O–H groups in total. The Morgan fingerprint density at radius 3 is 2.00 bits per heavy atom. The molecule has 98 valence electrons. The molecular formula is C16H16O3. The predicted molar refractivity (Wildman–Crippen MR) is 74.0 cm³/mol. The Bertz CT molecular complexity index is 589. The first-order chi connectivity index (χ1) is 9.02. The average molecular weight is 256 g/mol. The molecule has 19 heavy (non-hydrogen) atoms. The van der Waals surface area contributed by atoms with Gasteiger partial charge in [0.1, 0.15) is 11.5 Å². The smallest absolute Gasteiger partial charge is 0.193 e. The van der Waals surface area contributed by atoms with E-state index in [-0.39, 0.29) is 11.5 Å². The van der Waals surface area contributed by atoms with Gasteiger partial charge in [-0.05, 0) is 61.4 Å². The number of methoxy groups -OCH3 is 1. The second-order valence-corrected chi connectivity index (χ2v) is 4.52. The van der Waals surface area contributed by atoms with Crippen LogP contribution in [0.4, 0.5) is 0 Å². The van der Waals surface area contributed by atoms with E-state index >= 15 is 0 Å². The molecule has 0 aliphatic rings. The Balaban J connectivity index is 2.38. The molecule has 0 fully saturated rings. The molecule has 0 bridgehead atoms. The van der Waals surface area contributed by atoms with Crippen LogP contribution in [0.25, 0.3) is 0 Å². The summed E-state index contributed by atoms with van der Waals surface area (Å²) < 4.78 is 5.06. The number of rotatable bonds is 3. The van der Waals surface area contributed by atoms with E-state index in [0.717, 1.165) is 5.75 Å². The van der Waals surface area contributed by atoms with Crippen molar-refractivity contribution in [1.29, 1.82) is 0 Å². The predicted octanol–water partition coefficient (Wildman–Crippen LogP) is 3.25. The first-order valence-corrected chi connectivity index (χ1v) is 6.02. The fraction of sp³-hybridized carbons (Fsp3) is 0.188. The number of phenols is 1. The van der Waals surface area contributed by atoms with Crippen LogP contribution in [0.5, 0.6) is 11.5 Å². The van der Waals surface area contributed by atoms with Gasteiger partial charge in [0.25, 0.3) is 0 Å². The number of aromatic hydroxyl groups is 1. The van der Waals surface area contributed by atoms with E-state index in [1.54, 1.807) is 57.4 Å². The molecule has 0 saturated heterocycles. The number of phenolic OH excluding ortho intramolecular Hbond substituents is 1. The highest BCUT2D eigenvalue weighted by molar-refractivity contribution is 6.09. The quantitative estimate of drug-likeness (QED) is 0.857. The molecule has 0 aromatic heterocycles. The zero-order valence-electron chi connectivity index (χ0n) is 11.2. The van der Waals surface area contributed by atoms with Crippen LogP contribution in [0.1, 0.15) is 27.0 Å². The molecule has 0 aliphatic carbocycles. The lowest BCUT2D eigenvalue weighted by Gasteiger charge is -2.08. The molecule has 0 atom stereocenters. The first-order valence-electron chi connectivity index (χ1n) is 6.02. The summed E-state index contributed by atoms with van der Waals surface area (Å²) >= 11 is 0. The van der Waals surface area contributed by atoms with Crippen LogP contribution >= 0.6 is 0 Å². The lowest BCUT2D eigenvalue weighted by Crippen LogP contribution is -2.02. The van der Waals surface area contributed by atoms with Crippen LogP contribution in [0, 0.1) is 13.8 Å². The molecule has 2 aromatic carbocycles. The standard InChI is InChI=1S/C16H16O3/c1-10-8-13(9-11(2)15(10)17)16(18)12-4-6-14(19-3)7-5-12/h4-9,17H,1-3H3. The zero-order chi connectivity index (χ0) is 14.0. The fourth-order valence-corrected chi connectivity index (χ4v) is 2.00. The maximum atomic E-state index is 12.3. The van der Waals surface area contributed by atoms with Gasteiger partial charge >= 0.3 is 0 Å². The van der Waals surface area contributed by atoms with Crippen LogP contribution in [0.2, 0.25) is 0 Å². The monoisotopic (exact) mass is 256 g/mol. The lowest BCUT2D eigenvalue weighted by molar-refractivity contribution is 0.103. The lowest BCUT2D eigenvalue weighted by atomic mass is 9.98. The van der Waals surface area contributed by atoms with Crippen molar-refractivity contribution >= 4 is 5.78 Å². The van der Waals surface area contributed by atoms with Gasteiger partial charge in [0, 0.05) is 11.1 Å². The molecule has 0 unspecified atom stereocenters. The van der Waals surface area contributed by atoms with Crippen molar-refractivity contribution in [3.8, 4) is 11.5 Å². The maximum absolute atomic E-state index is 12.3. The summed E-state index contributed by atoms with van der Waals surface area (Å²) in [5, 5.41) is 9.72. The molecule has 3 heteroatoms. The molecule has 2 aromatic rings. The Morgan fingerprint density at radius 1 is 1.00 bits per heavy atom. The minimum absolute atomic E-state index is 0.0612. The van der Waals surface area contributed by atoms with Gasteiger partial charge in [-0.3, -0.25) is 4.79 Å². The Labute approximate surface area is 112 Å². The third kappa shape index (κ3) is 2.60. The largest absolute Gasteiger partial charge is 0.507 e. The van der Waals surface area contributed by atoms with E-state index in [0.29, 0.717) is 22.3 Å². The molecule has 0 heterocycles. The van der Waals surface area contributed by atoms with Gasteiger partial charge in [0.05, 0.1) is 7.11 Å². The van der Waals surface area contributed by atoms with Crippen molar-refractivity contribution < 1.29 is 14.6 Å². The van der Waals surface area contributed by atoms with Gasteiger partial charge in [0.15, 0.2) is 5.78 Å². The second-order valence-electron chi connectivity index (χ2n) is 4.52. The van der Waals surface area contributed by atoms with Gasteiger partial charge < -0.3 is 9.84 Å². The van der Waals surface area contributed by atoms with E-state index in [2.05, 4.69) is 0 Å². The molecule has 0 radical (unpaired) electrons. The normalized spacial score (nSPS) is 10.3. The summed E-state index contributed by atoms with van der Waals surface area (Å²) in [5.41, 5.74) is 2.59.